The number of ether oxygens (including phenoxy) is 1. The van der Waals surface area contributed by atoms with Crippen molar-refractivity contribution in [3.8, 4) is 22.7 Å². The number of carbonyl (C=O) groups excluding carboxylic acids is 2. The average Bonchev–Trinajstić information content (AvgIpc) is 3.59. The summed E-state index contributed by atoms with van der Waals surface area (Å²) in [7, 11) is 0. The van der Waals surface area contributed by atoms with Gasteiger partial charge >= 0.3 is 5.97 Å². The van der Waals surface area contributed by atoms with Crippen LogP contribution in [0.3, 0.4) is 0 Å². The molecule has 0 fully saturated rings. The summed E-state index contributed by atoms with van der Waals surface area (Å²) < 4.78 is 12.5. The highest BCUT2D eigenvalue weighted by molar-refractivity contribution is 7.99. The smallest absolute Gasteiger partial charge is 0.341 e. The lowest BCUT2D eigenvalue weighted by molar-refractivity contribution is -0.113. The summed E-state index contributed by atoms with van der Waals surface area (Å²) in [5.41, 5.74) is 1.71. The summed E-state index contributed by atoms with van der Waals surface area (Å²) >= 11 is 2.48. The maximum absolute atomic E-state index is 12.8. The number of esters is 1. The van der Waals surface area contributed by atoms with E-state index in [1.165, 1.54) is 29.4 Å². The Bertz CT molecular complexity index is 1280. The molecule has 0 atom stereocenters. The number of nitrogens with one attached hydrogen (secondary N) is 1. The van der Waals surface area contributed by atoms with Gasteiger partial charge in [-0.25, -0.2) is 4.79 Å². The fourth-order valence-electron chi connectivity index (χ4n) is 3.17. The second-order valence-electron chi connectivity index (χ2n) is 6.83. The van der Waals surface area contributed by atoms with Crippen LogP contribution in [0.25, 0.3) is 22.7 Å². The van der Waals surface area contributed by atoms with Gasteiger partial charge in [0.1, 0.15) is 16.3 Å². The lowest BCUT2D eigenvalue weighted by Crippen LogP contribution is -2.16. The minimum Gasteiger partial charge on any atom is -0.464 e. The molecular weight excluding hydrogens is 474 g/mol. The Kier molecular flexibility index (Phi) is 7.55. The van der Waals surface area contributed by atoms with Crippen LogP contribution < -0.4 is 5.32 Å². The van der Waals surface area contributed by atoms with E-state index in [4.69, 9.17) is 9.15 Å². The lowest BCUT2D eigenvalue weighted by Gasteiger charge is -2.09. The van der Waals surface area contributed by atoms with Gasteiger partial charge in [0.25, 0.3) is 0 Å². The van der Waals surface area contributed by atoms with Gasteiger partial charge in [-0.15, -0.1) is 28.1 Å². The zero-order chi connectivity index (χ0) is 23.9. The fourth-order valence-corrected chi connectivity index (χ4v) is 4.87. The first-order valence-corrected chi connectivity index (χ1v) is 12.2. The summed E-state index contributed by atoms with van der Waals surface area (Å²) in [5.74, 6) is 0.446. The zero-order valence-electron chi connectivity index (χ0n) is 18.3. The highest BCUT2D eigenvalue weighted by atomic mass is 32.2. The van der Waals surface area contributed by atoms with E-state index in [0.717, 1.165) is 5.56 Å². The highest BCUT2D eigenvalue weighted by Crippen LogP contribution is 2.36. The van der Waals surface area contributed by atoms with Crippen molar-refractivity contribution in [3.63, 3.8) is 0 Å². The molecule has 0 aliphatic carbocycles. The van der Waals surface area contributed by atoms with E-state index < -0.39 is 5.97 Å². The van der Waals surface area contributed by atoms with E-state index in [1.807, 2.05) is 16.7 Å². The monoisotopic (exact) mass is 495 g/mol. The number of rotatable bonds is 10. The number of thioether (sulfide) groups is 1. The third kappa shape index (κ3) is 5.10. The van der Waals surface area contributed by atoms with Crippen LogP contribution >= 0.6 is 23.1 Å². The molecule has 4 rings (SSSR count). The number of thiophene rings is 1. The molecule has 0 aliphatic rings. The standard InChI is InChI=1S/C23H21N5O4S2/c1-3-11-28-20(15-7-9-24-10-8-15)26-27-23(28)34-14-18(29)25-21-19(22(30)31-4-2)16(13-33-21)17-6-5-12-32-17/h3,5-10,12-13H,1,4,11,14H2,2H3,(H,25,29). The SMILES string of the molecule is C=CCn1c(SCC(=O)Nc2scc(-c3ccco3)c2C(=O)OCC)nnc1-c1ccncc1. The summed E-state index contributed by atoms with van der Waals surface area (Å²) in [5, 5.41) is 14.1. The highest BCUT2D eigenvalue weighted by Gasteiger charge is 2.24. The number of pyridine rings is 1. The molecule has 0 spiro atoms. The Hall–Kier alpha value is -3.70. The van der Waals surface area contributed by atoms with Gasteiger partial charge in [-0.2, -0.15) is 0 Å². The first-order valence-electron chi connectivity index (χ1n) is 10.3. The number of hydrogen-bond acceptors (Lipinski definition) is 9. The molecular formula is C23H21N5O4S2. The average molecular weight is 496 g/mol. The molecule has 4 heterocycles. The van der Waals surface area contributed by atoms with Crippen LogP contribution in [0.15, 0.2) is 70.5 Å². The Labute approximate surface area is 203 Å². The molecule has 0 radical (unpaired) electrons. The van der Waals surface area contributed by atoms with E-state index in [2.05, 4.69) is 27.1 Å². The molecule has 0 unspecified atom stereocenters. The van der Waals surface area contributed by atoms with Gasteiger partial charge in [0.05, 0.1) is 18.6 Å². The minimum atomic E-state index is -0.522. The van der Waals surface area contributed by atoms with E-state index in [1.54, 1.807) is 42.9 Å². The van der Waals surface area contributed by atoms with E-state index in [0.29, 0.717) is 33.9 Å². The van der Waals surface area contributed by atoms with Gasteiger partial charge < -0.3 is 14.5 Å². The number of nitrogens with zero attached hydrogens (tertiary/aromatic N) is 4. The van der Waals surface area contributed by atoms with Crippen molar-refractivity contribution >= 4 is 40.0 Å². The van der Waals surface area contributed by atoms with Crippen LogP contribution in [0, 0.1) is 0 Å². The molecule has 11 heteroatoms. The van der Waals surface area contributed by atoms with Crippen molar-refractivity contribution in [2.24, 2.45) is 0 Å². The summed E-state index contributed by atoms with van der Waals surface area (Å²) in [6.07, 6.45) is 6.63. The van der Waals surface area contributed by atoms with Crippen molar-refractivity contribution in [3.05, 3.63) is 66.5 Å². The third-order valence-corrected chi connectivity index (χ3v) is 6.47. The predicted octanol–water partition coefficient (Wildman–Crippen LogP) is 4.76. The number of anilines is 1. The minimum absolute atomic E-state index is 0.0713. The Morgan fingerprint density at radius 1 is 1.29 bits per heavy atom. The van der Waals surface area contributed by atoms with E-state index >= 15 is 0 Å². The van der Waals surface area contributed by atoms with Gasteiger partial charge in [-0.05, 0) is 31.2 Å². The number of amides is 1. The van der Waals surface area contributed by atoms with E-state index in [9.17, 15) is 9.59 Å². The predicted molar refractivity (Wildman–Crippen MR) is 131 cm³/mol. The number of carbonyl (C=O) groups is 2. The maximum atomic E-state index is 12.8. The van der Waals surface area contributed by atoms with Gasteiger partial charge in [-0.3, -0.25) is 14.3 Å². The fraction of sp³-hybridized carbons (Fsp3) is 0.174. The van der Waals surface area contributed by atoms with Crippen LogP contribution in [0.2, 0.25) is 0 Å². The summed E-state index contributed by atoms with van der Waals surface area (Å²) in [4.78, 5) is 29.4. The number of allylic oxidation sites excluding steroid dienone is 1. The molecule has 4 aromatic heterocycles. The number of hydrogen-bond donors (Lipinski definition) is 1. The zero-order valence-corrected chi connectivity index (χ0v) is 19.9. The van der Waals surface area contributed by atoms with Gasteiger partial charge in [-0.1, -0.05) is 17.8 Å². The van der Waals surface area contributed by atoms with Crippen LogP contribution in [0.5, 0.6) is 0 Å². The number of furan rings is 1. The molecule has 1 amide bonds. The molecule has 174 valence electrons. The molecule has 0 aliphatic heterocycles. The van der Waals surface area contributed by atoms with Crippen molar-refractivity contribution in [1.29, 1.82) is 0 Å². The van der Waals surface area contributed by atoms with Gasteiger partial charge in [0.2, 0.25) is 5.91 Å². The van der Waals surface area contributed by atoms with Gasteiger partial charge in [0.15, 0.2) is 11.0 Å². The maximum Gasteiger partial charge on any atom is 0.341 e. The largest absolute Gasteiger partial charge is 0.464 e. The van der Waals surface area contributed by atoms with Crippen molar-refractivity contribution in [2.45, 2.75) is 18.6 Å². The molecule has 0 bridgehead atoms. The topological polar surface area (TPSA) is 112 Å². The molecule has 4 aromatic rings. The molecule has 1 N–H and O–H groups in total. The first-order chi connectivity index (χ1) is 16.6. The van der Waals surface area contributed by atoms with Crippen LogP contribution in [-0.4, -0.2) is 44.0 Å². The number of aromatic nitrogens is 4. The Morgan fingerprint density at radius 2 is 2.12 bits per heavy atom. The second-order valence-corrected chi connectivity index (χ2v) is 8.65. The lowest BCUT2D eigenvalue weighted by atomic mass is 10.1. The van der Waals surface area contributed by atoms with Gasteiger partial charge in [0, 0.05) is 35.4 Å². The van der Waals surface area contributed by atoms with E-state index in [-0.39, 0.29) is 23.8 Å². The third-order valence-electron chi connectivity index (χ3n) is 4.61. The second kappa shape index (κ2) is 10.9. The molecule has 9 nitrogen and oxygen atoms in total. The van der Waals surface area contributed by atoms with Crippen molar-refractivity contribution in [1.82, 2.24) is 19.7 Å². The molecule has 0 aromatic carbocycles. The summed E-state index contributed by atoms with van der Waals surface area (Å²) in [6, 6.07) is 7.17. The van der Waals surface area contributed by atoms with Crippen LogP contribution in [-0.2, 0) is 16.1 Å². The summed E-state index contributed by atoms with van der Waals surface area (Å²) in [6.45, 7) is 6.23. The Morgan fingerprint density at radius 3 is 2.82 bits per heavy atom. The van der Waals surface area contributed by atoms with Crippen LogP contribution in [0.1, 0.15) is 17.3 Å². The molecule has 0 saturated heterocycles. The van der Waals surface area contributed by atoms with Crippen molar-refractivity contribution in [2.75, 3.05) is 17.7 Å². The molecule has 0 saturated carbocycles. The first kappa shape index (κ1) is 23.5. The normalized spacial score (nSPS) is 10.7. The van der Waals surface area contributed by atoms with Crippen LogP contribution in [0.4, 0.5) is 5.00 Å². The molecule has 34 heavy (non-hydrogen) atoms. The Balaban J connectivity index is 1.50. The quantitative estimate of drug-likeness (QED) is 0.190. The van der Waals surface area contributed by atoms with Crippen molar-refractivity contribution < 1.29 is 18.7 Å².